The minimum atomic E-state index is -4.02. The van der Waals surface area contributed by atoms with Crippen molar-refractivity contribution in [2.75, 3.05) is 17.1 Å². The number of carbonyl (C=O) groups excluding carboxylic acids is 2. The monoisotopic (exact) mass is 427 g/mol. The van der Waals surface area contributed by atoms with Gasteiger partial charge in [0.1, 0.15) is 5.82 Å². The molecular weight excluding hydrogens is 409 g/mol. The smallest absolute Gasteiger partial charge is 0.261 e. The highest BCUT2D eigenvalue weighted by molar-refractivity contribution is 7.92. The van der Waals surface area contributed by atoms with Crippen molar-refractivity contribution < 1.29 is 22.4 Å². The molecule has 30 heavy (non-hydrogen) atoms. The van der Waals surface area contributed by atoms with E-state index in [0.717, 1.165) is 24.3 Å². The van der Waals surface area contributed by atoms with Crippen molar-refractivity contribution in [3.05, 3.63) is 89.7 Å². The molecule has 0 fully saturated rings. The van der Waals surface area contributed by atoms with E-state index in [1.165, 1.54) is 19.2 Å². The van der Waals surface area contributed by atoms with Gasteiger partial charge in [-0.1, -0.05) is 12.1 Å². The van der Waals surface area contributed by atoms with Gasteiger partial charge in [0.2, 0.25) is 0 Å². The third-order valence-corrected chi connectivity index (χ3v) is 5.55. The fourth-order valence-electron chi connectivity index (χ4n) is 2.64. The average molecular weight is 427 g/mol. The van der Waals surface area contributed by atoms with E-state index in [1.807, 2.05) is 0 Å². The second kappa shape index (κ2) is 8.75. The van der Waals surface area contributed by atoms with Crippen LogP contribution < -0.4 is 15.4 Å². The molecule has 3 rings (SSSR count). The van der Waals surface area contributed by atoms with Crippen LogP contribution in [-0.4, -0.2) is 27.3 Å². The van der Waals surface area contributed by atoms with Crippen molar-refractivity contribution in [1.82, 2.24) is 5.32 Å². The largest absolute Gasteiger partial charge is 0.355 e. The Hall–Kier alpha value is -3.72. The maximum absolute atomic E-state index is 13.1. The van der Waals surface area contributed by atoms with Gasteiger partial charge in [0, 0.05) is 18.3 Å². The Morgan fingerprint density at radius 1 is 0.833 bits per heavy atom. The summed E-state index contributed by atoms with van der Waals surface area (Å²) in [6, 6.07) is 16.7. The summed E-state index contributed by atoms with van der Waals surface area (Å²) in [7, 11) is -2.50. The Labute approximate surface area is 173 Å². The fraction of sp³-hybridized carbons (Fsp3) is 0.0476. The highest BCUT2D eigenvalue weighted by Gasteiger charge is 2.19. The van der Waals surface area contributed by atoms with E-state index in [-0.39, 0.29) is 22.1 Å². The third-order valence-electron chi connectivity index (χ3n) is 4.17. The molecule has 0 spiro atoms. The van der Waals surface area contributed by atoms with Crippen LogP contribution in [-0.2, 0) is 10.0 Å². The van der Waals surface area contributed by atoms with Gasteiger partial charge in [0.15, 0.2) is 0 Å². The Kier molecular flexibility index (Phi) is 6.12. The number of carbonyl (C=O) groups is 2. The number of benzene rings is 3. The molecule has 9 heteroatoms. The second-order valence-corrected chi connectivity index (χ2v) is 7.90. The first-order chi connectivity index (χ1) is 14.3. The van der Waals surface area contributed by atoms with Crippen molar-refractivity contribution >= 4 is 33.2 Å². The summed E-state index contributed by atoms with van der Waals surface area (Å²) < 4.78 is 40.6. The summed E-state index contributed by atoms with van der Waals surface area (Å²) >= 11 is 0. The van der Waals surface area contributed by atoms with Crippen molar-refractivity contribution in [2.24, 2.45) is 0 Å². The summed E-state index contributed by atoms with van der Waals surface area (Å²) in [5.74, 6) is -1.36. The summed E-state index contributed by atoms with van der Waals surface area (Å²) in [5.41, 5.74) is 1.03. The van der Waals surface area contributed by atoms with Crippen LogP contribution in [0.4, 0.5) is 15.8 Å². The molecule has 0 bridgehead atoms. The van der Waals surface area contributed by atoms with Crippen LogP contribution in [0.2, 0.25) is 0 Å². The van der Waals surface area contributed by atoms with Crippen LogP contribution in [0.5, 0.6) is 0 Å². The fourth-order valence-corrected chi connectivity index (χ4v) is 3.72. The first-order valence-electron chi connectivity index (χ1n) is 8.81. The minimum absolute atomic E-state index is 0.0707. The summed E-state index contributed by atoms with van der Waals surface area (Å²) in [6.45, 7) is 0. The van der Waals surface area contributed by atoms with Gasteiger partial charge in [-0.15, -0.1) is 0 Å². The Balaban J connectivity index is 1.81. The second-order valence-electron chi connectivity index (χ2n) is 6.22. The molecule has 0 aliphatic heterocycles. The molecule has 2 amide bonds. The normalized spacial score (nSPS) is 10.9. The Morgan fingerprint density at radius 2 is 1.47 bits per heavy atom. The molecule has 0 aliphatic rings. The Morgan fingerprint density at radius 3 is 2.10 bits per heavy atom. The van der Waals surface area contributed by atoms with E-state index in [2.05, 4.69) is 15.4 Å². The number of hydrogen-bond acceptors (Lipinski definition) is 4. The molecule has 0 saturated heterocycles. The van der Waals surface area contributed by atoms with Crippen LogP contribution in [0, 0.1) is 5.82 Å². The molecule has 154 valence electrons. The van der Waals surface area contributed by atoms with Gasteiger partial charge in [-0.3, -0.25) is 14.3 Å². The maximum atomic E-state index is 13.1. The number of rotatable bonds is 6. The number of anilines is 2. The van der Waals surface area contributed by atoms with Crippen molar-refractivity contribution in [1.29, 1.82) is 0 Å². The van der Waals surface area contributed by atoms with Gasteiger partial charge >= 0.3 is 0 Å². The van der Waals surface area contributed by atoms with Crippen LogP contribution in [0.3, 0.4) is 0 Å². The van der Waals surface area contributed by atoms with Crippen LogP contribution in [0.15, 0.2) is 77.7 Å². The predicted octanol–water partition coefficient (Wildman–Crippen LogP) is 3.24. The van der Waals surface area contributed by atoms with Crippen molar-refractivity contribution in [2.45, 2.75) is 4.90 Å². The molecule has 7 nitrogen and oxygen atoms in total. The molecule has 3 N–H and O–H groups in total. The SMILES string of the molecule is CNC(=O)c1ccc(NC(=O)c2ccccc2NS(=O)(=O)c2ccc(F)cc2)cc1. The summed E-state index contributed by atoms with van der Waals surface area (Å²) in [4.78, 5) is 24.2. The first kappa shape index (κ1) is 21.0. The molecule has 0 atom stereocenters. The molecular formula is C21H18FN3O4S. The molecule has 0 radical (unpaired) electrons. The predicted molar refractivity (Wildman–Crippen MR) is 111 cm³/mol. The van der Waals surface area contributed by atoms with E-state index in [1.54, 1.807) is 36.4 Å². The van der Waals surface area contributed by atoms with E-state index in [9.17, 15) is 22.4 Å². The maximum Gasteiger partial charge on any atom is 0.261 e. The minimum Gasteiger partial charge on any atom is -0.355 e. The van der Waals surface area contributed by atoms with E-state index < -0.39 is 21.7 Å². The number of amides is 2. The highest BCUT2D eigenvalue weighted by atomic mass is 32.2. The summed E-state index contributed by atoms with van der Waals surface area (Å²) in [5, 5.41) is 5.16. The van der Waals surface area contributed by atoms with Crippen LogP contribution >= 0.6 is 0 Å². The quantitative estimate of drug-likeness (QED) is 0.562. The average Bonchev–Trinajstić information content (AvgIpc) is 2.74. The zero-order chi connectivity index (χ0) is 21.7. The number of halogens is 1. The van der Waals surface area contributed by atoms with Gasteiger partial charge in [0.25, 0.3) is 21.8 Å². The van der Waals surface area contributed by atoms with Gasteiger partial charge in [-0.2, -0.15) is 0 Å². The number of hydrogen-bond donors (Lipinski definition) is 3. The molecule has 0 saturated carbocycles. The lowest BCUT2D eigenvalue weighted by molar-refractivity contribution is 0.0962. The van der Waals surface area contributed by atoms with Crippen molar-refractivity contribution in [3.63, 3.8) is 0 Å². The molecule has 3 aromatic rings. The van der Waals surface area contributed by atoms with Crippen molar-refractivity contribution in [3.8, 4) is 0 Å². The number of sulfonamides is 1. The molecule has 0 heterocycles. The van der Waals surface area contributed by atoms with Gasteiger partial charge < -0.3 is 10.6 Å². The topological polar surface area (TPSA) is 104 Å². The summed E-state index contributed by atoms with van der Waals surface area (Å²) in [6.07, 6.45) is 0. The molecule has 0 aromatic heterocycles. The van der Waals surface area contributed by atoms with Gasteiger partial charge in [-0.25, -0.2) is 12.8 Å². The lowest BCUT2D eigenvalue weighted by Crippen LogP contribution is -2.19. The van der Waals surface area contributed by atoms with E-state index >= 15 is 0 Å². The highest BCUT2D eigenvalue weighted by Crippen LogP contribution is 2.22. The lowest BCUT2D eigenvalue weighted by Gasteiger charge is -2.13. The molecule has 3 aromatic carbocycles. The zero-order valence-corrected chi connectivity index (χ0v) is 16.7. The first-order valence-corrected chi connectivity index (χ1v) is 10.3. The van der Waals surface area contributed by atoms with E-state index in [4.69, 9.17) is 0 Å². The molecule has 0 aliphatic carbocycles. The number of nitrogens with one attached hydrogen (secondary N) is 3. The molecule has 0 unspecified atom stereocenters. The van der Waals surface area contributed by atoms with E-state index in [0.29, 0.717) is 11.3 Å². The lowest BCUT2D eigenvalue weighted by atomic mass is 10.1. The van der Waals surface area contributed by atoms with Gasteiger partial charge in [-0.05, 0) is 60.7 Å². The Bertz CT molecular complexity index is 1180. The zero-order valence-electron chi connectivity index (χ0n) is 15.8. The van der Waals surface area contributed by atoms with Crippen LogP contribution in [0.1, 0.15) is 20.7 Å². The van der Waals surface area contributed by atoms with Crippen LogP contribution in [0.25, 0.3) is 0 Å². The third kappa shape index (κ3) is 4.81. The number of para-hydroxylation sites is 1. The standard InChI is InChI=1S/C21H18FN3O4S/c1-23-20(26)14-6-10-16(11-7-14)24-21(27)18-4-2-3-5-19(18)25-30(28,29)17-12-8-15(22)9-13-17/h2-13,25H,1H3,(H,23,26)(H,24,27). The van der Waals surface area contributed by atoms with Gasteiger partial charge in [0.05, 0.1) is 16.1 Å².